The van der Waals surface area contributed by atoms with E-state index in [9.17, 15) is 19.5 Å². The molecule has 1 atom stereocenters. The smallest absolute Gasteiger partial charge is 0.407 e. The van der Waals surface area contributed by atoms with E-state index in [1.807, 2.05) is 57.2 Å². The van der Waals surface area contributed by atoms with Gasteiger partial charge in [0.1, 0.15) is 24.3 Å². The summed E-state index contributed by atoms with van der Waals surface area (Å²) >= 11 is 0. The number of hydroxylamine groups is 2. The van der Waals surface area contributed by atoms with Gasteiger partial charge in [0.25, 0.3) is 11.8 Å². The summed E-state index contributed by atoms with van der Waals surface area (Å²) in [5, 5.41) is 13.3. The Hall–Kier alpha value is -4.44. The molecule has 0 radical (unpaired) electrons. The van der Waals surface area contributed by atoms with E-state index in [-0.39, 0.29) is 6.61 Å². The fourth-order valence-corrected chi connectivity index (χ4v) is 4.11. The van der Waals surface area contributed by atoms with Crippen LogP contribution < -0.4 is 10.1 Å². The van der Waals surface area contributed by atoms with E-state index in [1.54, 1.807) is 37.4 Å². The molecule has 10 nitrogen and oxygen atoms in total. The van der Waals surface area contributed by atoms with Crippen molar-refractivity contribution in [2.75, 3.05) is 25.0 Å². The van der Waals surface area contributed by atoms with Gasteiger partial charge in [0.2, 0.25) is 0 Å². The molecule has 0 fully saturated rings. The molecule has 0 unspecified atom stereocenters. The van der Waals surface area contributed by atoms with Crippen molar-refractivity contribution >= 4 is 23.7 Å². The molecule has 0 saturated carbocycles. The molecule has 2 heterocycles. The third-order valence-electron chi connectivity index (χ3n) is 6.16. The number of fused-ring (bicyclic) bond motifs is 1. The highest BCUT2D eigenvalue weighted by atomic mass is 16.7. The zero-order valence-electron chi connectivity index (χ0n) is 22.4. The van der Waals surface area contributed by atoms with E-state index in [1.165, 1.54) is 4.90 Å². The normalized spacial score (nSPS) is 13.7. The van der Waals surface area contributed by atoms with Gasteiger partial charge < -0.3 is 20.1 Å². The predicted octanol–water partition coefficient (Wildman–Crippen LogP) is 4.93. The van der Waals surface area contributed by atoms with Crippen LogP contribution >= 0.6 is 0 Å². The molecule has 1 aliphatic rings. The number of amides is 3. The Morgan fingerprint density at radius 1 is 1.00 bits per heavy atom. The van der Waals surface area contributed by atoms with Crippen LogP contribution in [0.2, 0.25) is 0 Å². The minimum atomic E-state index is -0.954. The van der Waals surface area contributed by atoms with Gasteiger partial charge in [-0.1, -0.05) is 24.3 Å². The SMILES string of the molecule is C[C@@H](COc1ccc(-c2ccc(NCCN(C(=O)O)C(C)(C)C)nc2)cc1)ON1C(=O)c2ccccc2C1=O. The minimum absolute atomic E-state index is 0.142. The Kier molecular flexibility index (Phi) is 8.15. The molecule has 10 heteroatoms. The summed E-state index contributed by atoms with van der Waals surface area (Å²) in [5.74, 6) is 0.317. The van der Waals surface area contributed by atoms with Gasteiger partial charge in [0.05, 0.1) is 11.1 Å². The van der Waals surface area contributed by atoms with E-state index < -0.39 is 29.6 Å². The van der Waals surface area contributed by atoms with Crippen molar-refractivity contribution in [3.63, 3.8) is 0 Å². The van der Waals surface area contributed by atoms with Crippen LogP contribution in [0, 0.1) is 0 Å². The van der Waals surface area contributed by atoms with Crippen LogP contribution in [0.5, 0.6) is 5.75 Å². The van der Waals surface area contributed by atoms with Crippen molar-refractivity contribution in [3.8, 4) is 16.9 Å². The number of carbonyl (C=O) groups is 3. The molecule has 2 aromatic carbocycles. The number of hydrogen-bond acceptors (Lipinski definition) is 7. The lowest BCUT2D eigenvalue weighted by Gasteiger charge is -2.33. The Morgan fingerprint density at radius 3 is 2.15 bits per heavy atom. The third-order valence-corrected chi connectivity index (χ3v) is 6.16. The molecule has 0 bridgehead atoms. The molecule has 3 aromatic rings. The van der Waals surface area contributed by atoms with Crippen LogP contribution in [0.3, 0.4) is 0 Å². The van der Waals surface area contributed by atoms with Gasteiger partial charge in [-0.15, -0.1) is 5.06 Å². The quantitative estimate of drug-likeness (QED) is 0.353. The third kappa shape index (κ3) is 6.53. The number of nitrogens with one attached hydrogen (secondary N) is 1. The van der Waals surface area contributed by atoms with Gasteiger partial charge >= 0.3 is 6.09 Å². The van der Waals surface area contributed by atoms with Crippen molar-refractivity contribution in [2.45, 2.75) is 39.3 Å². The van der Waals surface area contributed by atoms with E-state index >= 15 is 0 Å². The summed E-state index contributed by atoms with van der Waals surface area (Å²) < 4.78 is 5.79. The Balaban J connectivity index is 1.26. The van der Waals surface area contributed by atoms with Gasteiger partial charge in [-0.2, -0.15) is 0 Å². The van der Waals surface area contributed by atoms with E-state index in [0.29, 0.717) is 35.8 Å². The van der Waals surface area contributed by atoms with Crippen molar-refractivity contribution in [1.29, 1.82) is 0 Å². The van der Waals surface area contributed by atoms with Crippen molar-refractivity contribution in [2.24, 2.45) is 0 Å². The number of carboxylic acid groups (broad SMARTS) is 1. The van der Waals surface area contributed by atoms with Crippen molar-refractivity contribution in [3.05, 3.63) is 78.0 Å². The Morgan fingerprint density at radius 2 is 1.62 bits per heavy atom. The monoisotopic (exact) mass is 532 g/mol. The molecule has 1 aliphatic heterocycles. The number of benzene rings is 2. The first-order chi connectivity index (χ1) is 18.5. The van der Waals surface area contributed by atoms with Crippen LogP contribution in [0.25, 0.3) is 11.1 Å². The second kappa shape index (κ2) is 11.5. The minimum Gasteiger partial charge on any atom is -0.491 e. The topological polar surface area (TPSA) is 121 Å². The summed E-state index contributed by atoms with van der Waals surface area (Å²) in [6.07, 6.45) is 0.251. The number of anilines is 1. The zero-order chi connectivity index (χ0) is 28.2. The maximum Gasteiger partial charge on any atom is 0.407 e. The lowest BCUT2D eigenvalue weighted by Crippen LogP contribution is -2.47. The molecule has 3 amide bonds. The molecule has 39 heavy (non-hydrogen) atoms. The Labute approximate surface area is 227 Å². The molecule has 204 valence electrons. The highest BCUT2D eigenvalue weighted by molar-refractivity contribution is 6.20. The largest absolute Gasteiger partial charge is 0.491 e. The summed E-state index contributed by atoms with van der Waals surface area (Å²) in [4.78, 5) is 47.8. The molecular formula is C29H32N4O6. The second-order valence-corrected chi connectivity index (χ2v) is 10.2. The van der Waals surface area contributed by atoms with Crippen LogP contribution in [0.1, 0.15) is 48.4 Å². The predicted molar refractivity (Wildman–Crippen MR) is 146 cm³/mol. The summed E-state index contributed by atoms with van der Waals surface area (Å²) in [6, 6.07) is 17.8. The van der Waals surface area contributed by atoms with Gasteiger partial charge in [0, 0.05) is 30.4 Å². The van der Waals surface area contributed by atoms with Crippen molar-refractivity contribution < 1.29 is 29.1 Å². The van der Waals surface area contributed by atoms with Gasteiger partial charge in [0.15, 0.2) is 0 Å². The fourth-order valence-electron chi connectivity index (χ4n) is 4.11. The lowest BCUT2D eigenvalue weighted by molar-refractivity contribution is -0.135. The first-order valence-electron chi connectivity index (χ1n) is 12.6. The fraction of sp³-hybridized carbons (Fsp3) is 0.310. The van der Waals surface area contributed by atoms with Crippen LogP contribution in [0.15, 0.2) is 66.9 Å². The summed E-state index contributed by atoms with van der Waals surface area (Å²) in [7, 11) is 0. The summed E-state index contributed by atoms with van der Waals surface area (Å²) in [6.45, 7) is 8.22. The average Bonchev–Trinajstić information content (AvgIpc) is 3.14. The van der Waals surface area contributed by atoms with E-state index in [0.717, 1.165) is 16.2 Å². The first-order valence-corrected chi connectivity index (χ1v) is 12.6. The molecule has 0 spiro atoms. The van der Waals surface area contributed by atoms with Crippen LogP contribution in [-0.4, -0.2) is 69.3 Å². The molecule has 0 aliphatic carbocycles. The maximum atomic E-state index is 12.5. The summed E-state index contributed by atoms with van der Waals surface area (Å²) in [5.41, 5.74) is 2.03. The number of aromatic nitrogens is 1. The van der Waals surface area contributed by atoms with Crippen molar-refractivity contribution in [1.82, 2.24) is 14.9 Å². The van der Waals surface area contributed by atoms with Gasteiger partial charge in [-0.3, -0.25) is 14.4 Å². The first kappa shape index (κ1) is 27.6. The number of carbonyl (C=O) groups excluding carboxylic acids is 2. The van der Waals surface area contributed by atoms with Crippen LogP contribution in [0.4, 0.5) is 10.6 Å². The number of imide groups is 1. The highest BCUT2D eigenvalue weighted by Crippen LogP contribution is 2.25. The molecule has 2 N–H and O–H groups in total. The van der Waals surface area contributed by atoms with Crippen LogP contribution in [-0.2, 0) is 4.84 Å². The van der Waals surface area contributed by atoms with Gasteiger partial charge in [-0.25, -0.2) is 9.78 Å². The zero-order valence-corrected chi connectivity index (χ0v) is 22.4. The number of hydrogen-bond donors (Lipinski definition) is 2. The number of nitrogens with zero attached hydrogens (tertiary/aromatic N) is 3. The Bertz CT molecular complexity index is 1300. The highest BCUT2D eigenvalue weighted by Gasteiger charge is 2.37. The average molecular weight is 533 g/mol. The number of ether oxygens (including phenoxy) is 1. The lowest BCUT2D eigenvalue weighted by atomic mass is 10.1. The maximum absolute atomic E-state index is 12.5. The second-order valence-electron chi connectivity index (χ2n) is 10.2. The number of pyridine rings is 1. The van der Waals surface area contributed by atoms with E-state index in [2.05, 4.69) is 10.3 Å². The number of rotatable bonds is 10. The standard InChI is InChI=1S/C29H32N4O6/c1-19(39-33-26(34)23-7-5-6-8-24(23)27(33)35)18-38-22-12-9-20(10-13-22)21-11-14-25(31-17-21)30-15-16-32(28(36)37)29(2,3)4/h5-14,17,19H,15-16,18H2,1-4H3,(H,30,31)(H,36,37)/t19-/m0/s1. The molecule has 0 saturated heterocycles. The van der Waals surface area contributed by atoms with Gasteiger partial charge in [-0.05, 0) is 69.7 Å². The van der Waals surface area contributed by atoms with E-state index in [4.69, 9.17) is 9.57 Å². The molecular weight excluding hydrogens is 500 g/mol. The molecule has 1 aromatic heterocycles. The molecule has 4 rings (SSSR count).